The van der Waals surface area contributed by atoms with Gasteiger partial charge in [0.25, 0.3) is 0 Å². The second kappa shape index (κ2) is 9.44. The third kappa shape index (κ3) is 4.10. The van der Waals surface area contributed by atoms with Gasteiger partial charge < -0.3 is 37.2 Å². The van der Waals surface area contributed by atoms with Crippen molar-refractivity contribution in [1.29, 1.82) is 0 Å². The molecule has 1 unspecified atom stereocenters. The van der Waals surface area contributed by atoms with E-state index in [0.29, 0.717) is 0 Å². The van der Waals surface area contributed by atoms with Gasteiger partial charge in [0.2, 0.25) is 0 Å². The zero-order chi connectivity index (χ0) is 15.8. The van der Waals surface area contributed by atoms with Crippen LogP contribution in [0.2, 0.25) is 3.72 Å². The summed E-state index contributed by atoms with van der Waals surface area (Å²) in [7, 11) is 0. The second-order valence-electron chi connectivity index (χ2n) is 6.38. The van der Waals surface area contributed by atoms with Gasteiger partial charge in [0, 0.05) is 0 Å². The van der Waals surface area contributed by atoms with E-state index in [2.05, 4.69) is 114 Å². The Balaban J connectivity index is 0.00000192. The van der Waals surface area contributed by atoms with Crippen molar-refractivity contribution in [3.05, 3.63) is 95.1 Å². The molecule has 1 aliphatic carbocycles. The Bertz CT molecular complexity index is 699. The maximum Gasteiger partial charge on any atom is -1.00 e. The van der Waals surface area contributed by atoms with Gasteiger partial charge in [-0.1, -0.05) is 0 Å². The average Bonchev–Trinajstić information content (AvgIpc) is 2.82. The number of benzene rings is 2. The van der Waals surface area contributed by atoms with Crippen molar-refractivity contribution in [1.82, 2.24) is 0 Å². The first-order valence-corrected chi connectivity index (χ1v) is 8.51. The van der Waals surface area contributed by atoms with Crippen LogP contribution in [0, 0.1) is 0 Å². The Morgan fingerprint density at radius 3 is 1.48 bits per heavy atom. The molecule has 0 aliphatic heterocycles. The van der Waals surface area contributed by atoms with E-state index in [-0.39, 0.29) is 46.4 Å². The third-order valence-electron chi connectivity index (χ3n) is 5.00. The molecule has 0 amide bonds. The Morgan fingerprint density at radius 2 is 1.16 bits per heavy atom. The van der Waals surface area contributed by atoms with Gasteiger partial charge in [0.05, 0.1) is 0 Å². The predicted octanol–water partition coefficient (Wildman–Crippen LogP) is -3.38. The number of halogens is 3. The fourth-order valence-corrected chi connectivity index (χ4v) is 4.58. The Morgan fingerprint density at radius 1 is 0.760 bits per heavy atom. The van der Waals surface area contributed by atoms with Gasteiger partial charge in [0.15, 0.2) is 0 Å². The van der Waals surface area contributed by atoms with Crippen LogP contribution >= 0.6 is 0 Å². The Labute approximate surface area is 181 Å². The van der Waals surface area contributed by atoms with Crippen LogP contribution in [0.3, 0.4) is 0 Å². The van der Waals surface area contributed by atoms with Crippen LogP contribution in [0.5, 0.6) is 0 Å². The van der Waals surface area contributed by atoms with E-state index >= 15 is 0 Å². The maximum atomic E-state index is 2.43. The van der Waals surface area contributed by atoms with Gasteiger partial charge in [0.1, 0.15) is 0 Å². The van der Waals surface area contributed by atoms with Crippen molar-refractivity contribution >= 4 is 0 Å². The molecule has 1 atom stereocenters. The molecule has 2 aromatic carbocycles. The summed E-state index contributed by atoms with van der Waals surface area (Å²) in [6.45, 7) is 6.84. The topological polar surface area (TPSA) is 0 Å². The fraction of sp³-hybridized carbons (Fsp3) is 0.238. The van der Waals surface area contributed by atoms with Crippen LogP contribution in [0.1, 0.15) is 31.9 Å². The summed E-state index contributed by atoms with van der Waals surface area (Å²) in [4.78, 5) is 0. The first kappa shape index (κ1) is 24.5. The molecule has 0 nitrogen and oxygen atoms in total. The summed E-state index contributed by atoms with van der Waals surface area (Å²) < 4.78 is -0.0141. The molecule has 0 saturated carbocycles. The Hall–Kier alpha value is -0.496. The van der Waals surface area contributed by atoms with Gasteiger partial charge in [-0.3, -0.25) is 0 Å². The first-order valence-electron chi connectivity index (χ1n) is 7.73. The molecule has 0 aromatic heterocycles. The van der Waals surface area contributed by atoms with Crippen LogP contribution in [0.15, 0.2) is 84.0 Å². The summed E-state index contributed by atoms with van der Waals surface area (Å²) >= 11 is 2.37. The fourth-order valence-electron chi connectivity index (χ4n) is 3.66. The van der Waals surface area contributed by atoms with Crippen LogP contribution in [-0.4, -0.2) is 0 Å². The van der Waals surface area contributed by atoms with Crippen LogP contribution in [0.4, 0.5) is 0 Å². The van der Waals surface area contributed by atoms with Crippen LogP contribution in [-0.2, 0) is 25.9 Å². The summed E-state index contributed by atoms with van der Waals surface area (Å²) in [6, 6.07) is 21.8. The molecule has 0 bridgehead atoms. The normalized spacial score (nSPS) is 18.9. The summed E-state index contributed by atoms with van der Waals surface area (Å²) in [5, 5.41) is 0. The molecule has 25 heavy (non-hydrogen) atoms. The molecule has 4 heteroatoms. The average molecular weight is 428 g/mol. The van der Waals surface area contributed by atoms with Crippen LogP contribution < -0.4 is 37.2 Å². The van der Waals surface area contributed by atoms with E-state index in [9.17, 15) is 0 Å². The molecule has 2 aromatic rings. The maximum absolute atomic E-state index is 2.43. The quantitative estimate of drug-likeness (QED) is 0.449. The summed E-state index contributed by atoms with van der Waals surface area (Å²) in [5.41, 5.74) is 5.43. The van der Waals surface area contributed by atoms with E-state index in [4.69, 9.17) is 0 Å². The summed E-state index contributed by atoms with van der Waals surface area (Å²) in [6.07, 6.45) is 4.76. The minimum absolute atomic E-state index is 0. The van der Waals surface area contributed by atoms with Crippen molar-refractivity contribution in [2.24, 2.45) is 0 Å². The monoisotopic (exact) mass is 426 g/mol. The molecular formula is C21H21Cl3Ti. The Kier molecular flexibility index (Phi) is 9.26. The van der Waals surface area contributed by atoms with Crippen molar-refractivity contribution in [2.45, 2.75) is 29.9 Å². The minimum atomic E-state index is -0.0894. The van der Waals surface area contributed by atoms with Gasteiger partial charge in [-0.25, -0.2) is 0 Å². The van der Waals surface area contributed by atoms with Crippen molar-refractivity contribution < 1.29 is 57.7 Å². The molecule has 130 valence electrons. The van der Waals surface area contributed by atoms with Gasteiger partial charge in [-0.05, 0) is 0 Å². The van der Waals surface area contributed by atoms with Crippen molar-refractivity contribution in [2.75, 3.05) is 0 Å². The van der Waals surface area contributed by atoms with Crippen molar-refractivity contribution in [3.63, 3.8) is 0 Å². The van der Waals surface area contributed by atoms with E-state index < -0.39 is 0 Å². The zero-order valence-electron chi connectivity index (χ0n) is 14.6. The standard InChI is InChI=1S/C21H21.3ClH.Ti/c1-16-14-17(2)20(15-16)21(3,18-10-6-4-7-11-18)19-12-8-5-9-13-19;;;;/h4-15H,1-3H3;3*1H;/q;;;;+3/p-3. The van der Waals surface area contributed by atoms with E-state index in [1.54, 1.807) is 0 Å². The molecule has 0 N–H and O–H groups in total. The number of allylic oxidation sites excluding steroid dienone is 4. The molecular weight excluding hydrogens is 406 g/mol. The molecule has 0 saturated heterocycles. The largest absolute Gasteiger partial charge is 1.00 e. The third-order valence-corrected chi connectivity index (χ3v) is 6.62. The van der Waals surface area contributed by atoms with Gasteiger partial charge in [-0.2, -0.15) is 0 Å². The first-order chi connectivity index (χ1) is 10.5. The number of rotatable bonds is 3. The van der Waals surface area contributed by atoms with Crippen LogP contribution in [0.25, 0.3) is 0 Å². The smallest absolute Gasteiger partial charge is 1.00 e. The SMILES string of the molecule is CC1=C[C]([Ti+3])(C(C)(c2ccccc2)c2ccccc2)C(C)=C1.[Cl-].[Cl-].[Cl-]. The number of hydrogen-bond acceptors (Lipinski definition) is 0. The van der Waals surface area contributed by atoms with E-state index in [1.807, 2.05) is 0 Å². The second-order valence-corrected chi connectivity index (χ2v) is 7.61. The molecule has 0 spiro atoms. The number of hydrogen-bond donors (Lipinski definition) is 0. The molecule has 1 aliphatic rings. The summed E-state index contributed by atoms with van der Waals surface area (Å²) in [5.74, 6) is 0. The van der Waals surface area contributed by atoms with Gasteiger partial charge >= 0.3 is 145 Å². The molecule has 0 heterocycles. The zero-order valence-corrected chi connectivity index (χ0v) is 18.4. The predicted molar refractivity (Wildman–Crippen MR) is 89.5 cm³/mol. The minimum Gasteiger partial charge on any atom is -1.00 e. The van der Waals surface area contributed by atoms with Crippen molar-refractivity contribution in [3.8, 4) is 0 Å². The van der Waals surface area contributed by atoms with Gasteiger partial charge in [-0.15, -0.1) is 0 Å². The molecule has 0 fully saturated rings. The molecule has 0 radical (unpaired) electrons. The van der Waals surface area contributed by atoms with E-state index in [0.717, 1.165) is 0 Å². The molecule has 3 rings (SSSR count). The van der Waals surface area contributed by atoms with E-state index in [1.165, 1.54) is 22.3 Å².